The van der Waals surface area contributed by atoms with Crippen molar-refractivity contribution < 1.29 is 4.79 Å². The zero-order valence-corrected chi connectivity index (χ0v) is 5.37. The first-order valence-electron chi connectivity index (χ1n) is 2.71. The Balaban J connectivity index is 3.41. The van der Waals surface area contributed by atoms with E-state index in [0.29, 0.717) is 13.0 Å². The van der Waals surface area contributed by atoms with Gasteiger partial charge in [0.1, 0.15) is 6.29 Å². The molecule has 0 saturated heterocycles. The maximum absolute atomic E-state index is 9.76. The first-order chi connectivity index (χ1) is 4.81. The molecule has 0 spiro atoms. The van der Waals surface area contributed by atoms with E-state index in [-0.39, 0.29) is 5.96 Å². The van der Waals surface area contributed by atoms with Crippen LogP contribution >= 0.6 is 0 Å². The van der Waals surface area contributed by atoms with Gasteiger partial charge in [-0.2, -0.15) is 5.26 Å². The Morgan fingerprint density at radius 2 is 2.60 bits per heavy atom. The average Bonchev–Trinajstić information content (AvgIpc) is 1.89. The van der Waals surface area contributed by atoms with Crippen LogP contribution in [0, 0.1) is 11.5 Å². The third-order valence-corrected chi connectivity index (χ3v) is 0.739. The van der Waals surface area contributed by atoms with E-state index in [0.717, 1.165) is 6.29 Å². The van der Waals surface area contributed by atoms with Gasteiger partial charge < -0.3 is 15.8 Å². The average molecular weight is 140 g/mol. The molecule has 0 aliphatic heterocycles. The van der Waals surface area contributed by atoms with Gasteiger partial charge in [0.25, 0.3) is 0 Å². The van der Waals surface area contributed by atoms with Gasteiger partial charge in [0.05, 0.1) is 0 Å². The molecule has 0 aromatic heterocycles. The minimum absolute atomic E-state index is 0.0457. The Morgan fingerprint density at radius 1 is 1.90 bits per heavy atom. The molecule has 54 valence electrons. The zero-order valence-electron chi connectivity index (χ0n) is 5.37. The van der Waals surface area contributed by atoms with Crippen LogP contribution in [0.3, 0.4) is 0 Å². The van der Waals surface area contributed by atoms with Crippen molar-refractivity contribution in [2.75, 3.05) is 6.54 Å². The Morgan fingerprint density at radius 3 is 3.10 bits per heavy atom. The third-order valence-electron chi connectivity index (χ3n) is 0.739. The summed E-state index contributed by atoms with van der Waals surface area (Å²) >= 11 is 0. The highest BCUT2D eigenvalue weighted by atomic mass is 16.1. The van der Waals surface area contributed by atoms with Crippen LogP contribution in [0.15, 0.2) is 4.99 Å². The molecule has 5 heteroatoms. The smallest absolute Gasteiger partial charge is 0.209 e. The van der Waals surface area contributed by atoms with Crippen LogP contribution in [0.2, 0.25) is 0 Å². The maximum Gasteiger partial charge on any atom is 0.209 e. The number of aldehydes is 1. The van der Waals surface area contributed by atoms with Crippen molar-refractivity contribution in [2.45, 2.75) is 6.42 Å². The number of hydrogen-bond donors (Lipinski definition) is 2. The van der Waals surface area contributed by atoms with E-state index in [1.54, 1.807) is 0 Å². The van der Waals surface area contributed by atoms with Gasteiger partial charge in [-0.25, -0.2) is 0 Å². The largest absolute Gasteiger partial charge is 0.369 e. The summed E-state index contributed by atoms with van der Waals surface area (Å²) in [4.78, 5) is 12.9. The van der Waals surface area contributed by atoms with Gasteiger partial charge in [0, 0.05) is 13.0 Å². The second-order valence-electron chi connectivity index (χ2n) is 1.48. The van der Waals surface area contributed by atoms with E-state index in [9.17, 15) is 4.79 Å². The van der Waals surface area contributed by atoms with Crippen molar-refractivity contribution in [3.63, 3.8) is 0 Å². The summed E-state index contributed by atoms with van der Waals surface area (Å²) in [5.74, 6) is 0.0457. The fourth-order valence-corrected chi connectivity index (χ4v) is 0.353. The highest BCUT2D eigenvalue weighted by Gasteiger charge is 1.87. The van der Waals surface area contributed by atoms with Gasteiger partial charge >= 0.3 is 0 Å². The van der Waals surface area contributed by atoms with Crippen molar-refractivity contribution >= 4 is 12.2 Å². The summed E-state index contributed by atoms with van der Waals surface area (Å²) in [6, 6.07) is 0. The Labute approximate surface area is 58.5 Å². The third kappa shape index (κ3) is 4.59. The van der Waals surface area contributed by atoms with Crippen LogP contribution < -0.4 is 11.1 Å². The van der Waals surface area contributed by atoms with E-state index >= 15 is 0 Å². The second-order valence-corrected chi connectivity index (χ2v) is 1.48. The predicted octanol–water partition coefficient (Wildman–Crippen LogP) is -1.04. The molecular formula is C5H8N4O. The SMILES string of the molecule is N#CN=C(N)NCCC=O. The maximum atomic E-state index is 9.76. The summed E-state index contributed by atoms with van der Waals surface area (Å²) in [6.45, 7) is 0.417. The fourth-order valence-electron chi connectivity index (χ4n) is 0.353. The molecule has 0 radical (unpaired) electrons. The Bertz CT molecular complexity index is 169. The number of rotatable bonds is 3. The molecule has 0 aromatic rings. The van der Waals surface area contributed by atoms with Gasteiger partial charge in [-0.05, 0) is 0 Å². The Hall–Kier alpha value is -1.57. The number of hydrogen-bond acceptors (Lipinski definition) is 3. The molecule has 5 nitrogen and oxygen atoms in total. The van der Waals surface area contributed by atoms with Gasteiger partial charge in [0.2, 0.25) is 12.2 Å². The number of aliphatic imine (C=N–C) groups is 1. The van der Waals surface area contributed by atoms with Crippen LogP contribution in [0.25, 0.3) is 0 Å². The monoisotopic (exact) mass is 140 g/mol. The van der Waals surface area contributed by atoms with Crippen molar-refractivity contribution in [3.8, 4) is 6.19 Å². The minimum atomic E-state index is 0.0457. The molecule has 0 aromatic carbocycles. The number of nitrogens with zero attached hydrogens (tertiary/aromatic N) is 2. The molecule has 0 rings (SSSR count). The normalized spacial score (nSPS) is 10.1. The van der Waals surface area contributed by atoms with E-state index in [4.69, 9.17) is 11.0 Å². The summed E-state index contributed by atoms with van der Waals surface area (Å²) in [7, 11) is 0. The predicted molar refractivity (Wildman–Crippen MR) is 35.9 cm³/mol. The molecule has 0 amide bonds. The second kappa shape index (κ2) is 5.56. The molecule has 0 aliphatic rings. The molecule has 3 N–H and O–H groups in total. The first-order valence-corrected chi connectivity index (χ1v) is 2.71. The van der Waals surface area contributed by atoms with E-state index in [1.165, 1.54) is 6.19 Å². The first kappa shape index (κ1) is 8.43. The van der Waals surface area contributed by atoms with Crippen LogP contribution in [0.4, 0.5) is 0 Å². The topological polar surface area (TPSA) is 91.3 Å². The summed E-state index contributed by atoms with van der Waals surface area (Å²) < 4.78 is 0. The molecule has 0 heterocycles. The molecule has 0 unspecified atom stereocenters. The lowest BCUT2D eigenvalue weighted by atomic mass is 10.5. The highest BCUT2D eigenvalue weighted by Crippen LogP contribution is 1.67. The molecule has 0 fully saturated rings. The summed E-state index contributed by atoms with van der Waals surface area (Å²) in [5, 5.41) is 10.5. The van der Waals surface area contributed by atoms with Gasteiger partial charge in [-0.15, -0.1) is 4.99 Å². The van der Waals surface area contributed by atoms with Gasteiger partial charge in [-0.1, -0.05) is 0 Å². The van der Waals surface area contributed by atoms with Crippen molar-refractivity contribution in [1.82, 2.24) is 5.32 Å². The van der Waals surface area contributed by atoms with Crippen LogP contribution in [-0.2, 0) is 4.79 Å². The van der Waals surface area contributed by atoms with E-state index in [2.05, 4.69) is 10.3 Å². The molecule has 0 bridgehead atoms. The summed E-state index contributed by atoms with van der Waals surface area (Å²) in [6.07, 6.45) is 2.63. The van der Waals surface area contributed by atoms with Crippen molar-refractivity contribution in [2.24, 2.45) is 10.7 Å². The Kier molecular flexibility index (Phi) is 4.69. The number of nitrogens with one attached hydrogen (secondary N) is 1. The number of carbonyl (C=O) groups is 1. The molecule has 10 heavy (non-hydrogen) atoms. The lowest BCUT2D eigenvalue weighted by molar-refractivity contribution is -0.107. The van der Waals surface area contributed by atoms with Crippen LogP contribution in [-0.4, -0.2) is 18.8 Å². The summed E-state index contributed by atoms with van der Waals surface area (Å²) in [5.41, 5.74) is 5.13. The lowest BCUT2D eigenvalue weighted by Crippen LogP contribution is -2.32. The molecule has 0 atom stereocenters. The fraction of sp³-hybridized carbons (Fsp3) is 0.400. The van der Waals surface area contributed by atoms with Gasteiger partial charge in [-0.3, -0.25) is 0 Å². The van der Waals surface area contributed by atoms with E-state index in [1.807, 2.05) is 0 Å². The van der Waals surface area contributed by atoms with Crippen LogP contribution in [0.5, 0.6) is 0 Å². The number of carbonyl (C=O) groups excluding carboxylic acids is 1. The molecule has 0 saturated carbocycles. The van der Waals surface area contributed by atoms with Gasteiger partial charge in [0.15, 0.2) is 0 Å². The van der Waals surface area contributed by atoms with E-state index < -0.39 is 0 Å². The number of nitrogens with two attached hydrogens (primary N) is 1. The lowest BCUT2D eigenvalue weighted by Gasteiger charge is -1.97. The molecular weight excluding hydrogens is 132 g/mol. The highest BCUT2D eigenvalue weighted by molar-refractivity contribution is 5.78. The van der Waals surface area contributed by atoms with Crippen molar-refractivity contribution in [1.29, 1.82) is 5.26 Å². The number of guanidine groups is 1. The quantitative estimate of drug-likeness (QED) is 0.172. The standard InChI is InChI=1S/C5H8N4O/c6-4-9-5(7)8-2-1-3-10/h3H,1-2H2,(H3,7,8,9). The van der Waals surface area contributed by atoms with Crippen LogP contribution in [0.1, 0.15) is 6.42 Å². The zero-order chi connectivity index (χ0) is 7.82. The number of nitriles is 1. The molecule has 0 aliphatic carbocycles. The van der Waals surface area contributed by atoms with Crippen molar-refractivity contribution in [3.05, 3.63) is 0 Å². The minimum Gasteiger partial charge on any atom is -0.369 e.